The number of nitrogen functional groups attached to an aromatic ring is 1. The summed E-state index contributed by atoms with van der Waals surface area (Å²) < 4.78 is 11.1. The molecule has 6 nitrogen and oxygen atoms in total. The molecule has 6 heteroatoms. The lowest BCUT2D eigenvalue weighted by Gasteiger charge is -2.20. The number of hydrogen-bond donors (Lipinski definition) is 2. The first-order chi connectivity index (χ1) is 14.0. The second-order valence-electron chi connectivity index (χ2n) is 7.13. The molecule has 0 aliphatic heterocycles. The van der Waals surface area contributed by atoms with E-state index in [1.165, 1.54) is 5.56 Å². The monoisotopic (exact) mass is 388 g/mol. The second-order valence-corrected chi connectivity index (χ2v) is 7.13. The minimum atomic E-state index is 0.0809. The van der Waals surface area contributed by atoms with Gasteiger partial charge in [-0.25, -0.2) is 0 Å². The van der Waals surface area contributed by atoms with Gasteiger partial charge in [0.25, 0.3) is 0 Å². The molecule has 2 heterocycles. The van der Waals surface area contributed by atoms with Crippen LogP contribution in [0.1, 0.15) is 30.0 Å². The number of fused-ring (bicyclic) bond motifs is 1. The highest BCUT2D eigenvalue weighted by Gasteiger charge is 2.19. The first kappa shape index (κ1) is 18.8. The zero-order valence-corrected chi connectivity index (χ0v) is 17.0. The molecule has 0 amide bonds. The fourth-order valence-corrected chi connectivity index (χ4v) is 3.67. The van der Waals surface area contributed by atoms with E-state index in [1.54, 1.807) is 13.3 Å². The fourth-order valence-electron chi connectivity index (χ4n) is 3.67. The van der Waals surface area contributed by atoms with Crippen LogP contribution < -0.4 is 15.8 Å². The predicted octanol–water partition coefficient (Wildman–Crippen LogP) is 5.27. The molecule has 4 rings (SSSR count). The molecule has 0 unspecified atom stereocenters. The molecule has 4 aromatic rings. The molecule has 29 heavy (non-hydrogen) atoms. The average molecular weight is 388 g/mol. The van der Waals surface area contributed by atoms with Crippen LogP contribution in [0.4, 0.5) is 11.4 Å². The van der Waals surface area contributed by atoms with Crippen LogP contribution in [0.25, 0.3) is 22.0 Å². The smallest absolute Gasteiger partial charge is 0.141 e. The van der Waals surface area contributed by atoms with Gasteiger partial charge in [-0.2, -0.15) is 0 Å². The highest BCUT2D eigenvalue weighted by Crippen LogP contribution is 2.40. The predicted molar refractivity (Wildman–Crippen MR) is 116 cm³/mol. The number of nitrogens with one attached hydrogen (secondary N) is 1. The van der Waals surface area contributed by atoms with Gasteiger partial charge in [0.1, 0.15) is 11.5 Å². The van der Waals surface area contributed by atoms with Gasteiger partial charge in [-0.3, -0.25) is 4.98 Å². The summed E-state index contributed by atoms with van der Waals surface area (Å²) in [5.74, 6) is 1.46. The molecule has 3 N–H and O–H groups in total. The standard InChI is InChI=1S/C23H24N4O2/c1-13(16-8-6-5-7-9-16)26-23-17-11-21(28-4)18(10-20(17)25-12-19(23)24)22-14(2)27-29-15(22)3/h5-13H,24H2,1-4H3,(H,25,26)/t13-/m0/s1. The number of rotatable bonds is 5. The van der Waals surface area contributed by atoms with Gasteiger partial charge in [0, 0.05) is 17.0 Å². The zero-order valence-electron chi connectivity index (χ0n) is 17.0. The molecule has 0 bridgehead atoms. The van der Waals surface area contributed by atoms with E-state index in [-0.39, 0.29) is 6.04 Å². The fraction of sp³-hybridized carbons (Fsp3) is 0.217. The van der Waals surface area contributed by atoms with Crippen molar-refractivity contribution in [2.75, 3.05) is 18.2 Å². The number of aromatic nitrogens is 2. The van der Waals surface area contributed by atoms with Crippen molar-refractivity contribution < 1.29 is 9.26 Å². The number of hydrogen-bond acceptors (Lipinski definition) is 6. The Kier molecular flexibility index (Phi) is 4.84. The van der Waals surface area contributed by atoms with Crippen molar-refractivity contribution in [2.45, 2.75) is 26.8 Å². The van der Waals surface area contributed by atoms with Crippen molar-refractivity contribution in [3.63, 3.8) is 0 Å². The highest BCUT2D eigenvalue weighted by molar-refractivity contribution is 6.00. The van der Waals surface area contributed by atoms with Gasteiger partial charge in [0.2, 0.25) is 0 Å². The molecule has 0 aliphatic rings. The van der Waals surface area contributed by atoms with Crippen LogP contribution in [0.15, 0.2) is 53.2 Å². The second kappa shape index (κ2) is 7.47. The molecule has 2 aromatic heterocycles. The molecule has 0 spiro atoms. The number of benzene rings is 2. The van der Waals surface area contributed by atoms with E-state index in [1.807, 2.05) is 44.2 Å². The third kappa shape index (κ3) is 3.38. The van der Waals surface area contributed by atoms with Crippen LogP contribution >= 0.6 is 0 Å². The first-order valence-corrected chi connectivity index (χ1v) is 9.50. The SMILES string of the molecule is COc1cc2c(N[C@@H](C)c3ccccc3)c(N)cnc2cc1-c1c(C)noc1C. The molecule has 0 radical (unpaired) electrons. The van der Waals surface area contributed by atoms with Crippen molar-refractivity contribution in [3.05, 3.63) is 65.7 Å². The van der Waals surface area contributed by atoms with E-state index in [2.05, 4.69) is 34.5 Å². The van der Waals surface area contributed by atoms with Crippen molar-refractivity contribution in [1.29, 1.82) is 0 Å². The normalized spacial score (nSPS) is 12.1. The number of anilines is 2. The Morgan fingerprint density at radius 3 is 2.55 bits per heavy atom. The highest BCUT2D eigenvalue weighted by atomic mass is 16.5. The minimum Gasteiger partial charge on any atom is -0.496 e. The lowest BCUT2D eigenvalue weighted by atomic mass is 9.99. The molecular weight excluding hydrogens is 364 g/mol. The number of ether oxygens (including phenoxy) is 1. The van der Waals surface area contributed by atoms with Crippen LogP contribution in [0.3, 0.4) is 0 Å². The summed E-state index contributed by atoms with van der Waals surface area (Å²) in [4.78, 5) is 4.56. The lowest BCUT2D eigenvalue weighted by molar-refractivity contribution is 0.393. The summed E-state index contributed by atoms with van der Waals surface area (Å²) in [6, 6.07) is 14.3. The molecular formula is C23H24N4O2. The van der Waals surface area contributed by atoms with Crippen LogP contribution in [0.5, 0.6) is 5.75 Å². The number of nitrogens with zero attached hydrogens (tertiary/aromatic N) is 2. The van der Waals surface area contributed by atoms with Crippen molar-refractivity contribution in [1.82, 2.24) is 10.1 Å². The Balaban J connectivity index is 1.85. The van der Waals surface area contributed by atoms with E-state index in [0.29, 0.717) is 5.69 Å². The summed E-state index contributed by atoms with van der Waals surface area (Å²) in [5.41, 5.74) is 12.4. The van der Waals surface area contributed by atoms with Crippen molar-refractivity contribution >= 4 is 22.3 Å². The van der Waals surface area contributed by atoms with Gasteiger partial charge in [-0.15, -0.1) is 0 Å². The maximum atomic E-state index is 6.29. The summed E-state index contributed by atoms with van der Waals surface area (Å²) in [5, 5.41) is 8.52. The van der Waals surface area contributed by atoms with Crippen LogP contribution in [0, 0.1) is 13.8 Å². The van der Waals surface area contributed by atoms with E-state index < -0.39 is 0 Å². The molecule has 0 saturated carbocycles. The Morgan fingerprint density at radius 2 is 1.90 bits per heavy atom. The van der Waals surface area contributed by atoms with E-state index >= 15 is 0 Å². The average Bonchev–Trinajstić information content (AvgIpc) is 3.07. The van der Waals surface area contributed by atoms with Gasteiger partial charge in [0.05, 0.1) is 41.5 Å². The van der Waals surface area contributed by atoms with Crippen LogP contribution in [-0.4, -0.2) is 17.3 Å². The van der Waals surface area contributed by atoms with Gasteiger partial charge in [-0.05, 0) is 38.5 Å². The lowest BCUT2D eigenvalue weighted by Crippen LogP contribution is -2.09. The zero-order chi connectivity index (χ0) is 20.5. The molecule has 0 saturated heterocycles. The largest absolute Gasteiger partial charge is 0.496 e. The molecule has 0 aliphatic carbocycles. The van der Waals surface area contributed by atoms with Gasteiger partial charge < -0.3 is 20.3 Å². The molecule has 2 aromatic carbocycles. The van der Waals surface area contributed by atoms with E-state index in [4.69, 9.17) is 15.0 Å². The molecule has 148 valence electrons. The Bertz CT molecular complexity index is 1150. The Morgan fingerprint density at radius 1 is 1.14 bits per heavy atom. The van der Waals surface area contributed by atoms with Crippen molar-refractivity contribution in [3.8, 4) is 16.9 Å². The van der Waals surface area contributed by atoms with Crippen LogP contribution in [0.2, 0.25) is 0 Å². The number of nitrogens with two attached hydrogens (primary N) is 1. The third-order valence-corrected chi connectivity index (χ3v) is 5.18. The molecule has 0 fully saturated rings. The van der Waals surface area contributed by atoms with Gasteiger partial charge in [0.15, 0.2) is 0 Å². The summed E-state index contributed by atoms with van der Waals surface area (Å²) in [7, 11) is 1.66. The van der Waals surface area contributed by atoms with Crippen LogP contribution in [-0.2, 0) is 0 Å². The third-order valence-electron chi connectivity index (χ3n) is 5.18. The summed E-state index contributed by atoms with van der Waals surface area (Å²) >= 11 is 0. The van der Waals surface area contributed by atoms with Gasteiger partial charge in [-0.1, -0.05) is 35.5 Å². The quantitative estimate of drug-likeness (QED) is 0.484. The topological polar surface area (TPSA) is 86.2 Å². The maximum Gasteiger partial charge on any atom is 0.141 e. The Labute approximate surface area is 169 Å². The van der Waals surface area contributed by atoms with E-state index in [0.717, 1.165) is 44.9 Å². The first-order valence-electron chi connectivity index (χ1n) is 9.50. The van der Waals surface area contributed by atoms with Gasteiger partial charge >= 0.3 is 0 Å². The maximum absolute atomic E-state index is 6.29. The number of aryl methyl sites for hydroxylation is 2. The van der Waals surface area contributed by atoms with Crippen molar-refractivity contribution in [2.24, 2.45) is 0 Å². The number of pyridine rings is 1. The molecule has 1 atom stereocenters. The summed E-state index contributed by atoms with van der Waals surface area (Å²) in [6.07, 6.45) is 1.69. The van der Waals surface area contributed by atoms with E-state index in [9.17, 15) is 0 Å². The number of methoxy groups -OCH3 is 1. The summed E-state index contributed by atoms with van der Waals surface area (Å²) in [6.45, 7) is 5.92. The Hall–Kier alpha value is -3.54. The minimum absolute atomic E-state index is 0.0809.